The van der Waals surface area contributed by atoms with Crippen LogP contribution >= 0.6 is 34.9 Å². The number of thioether (sulfide) groups is 2. The number of carbonyl (C=O) groups excluding carboxylic acids is 1. The molecular formula is C20H20N4O3S3. The van der Waals surface area contributed by atoms with E-state index < -0.39 is 0 Å². The van der Waals surface area contributed by atoms with Gasteiger partial charge < -0.3 is 9.47 Å². The Bertz CT molecular complexity index is 996. The Hall–Kier alpha value is -2.56. The number of methoxy groups -OCH3 is 2. The molecule has 30 heavy (non-hydrogen) atoms. The van der Waals surface area contributed by atoms with Crippen molar-refractivity contribution in [2.24, 2.45) is 5.10 Å². The van der Waals surface area contributed by atoms with Crippen molar-refractivity contribution in [3.8, 4) is 11.5 Å². The van der Waals surface area contributed by atoms with Crippen LogP contribution in [0.1, 0.15) is 11.1 Å². The number of hydrogen-bond acceptors (Lipinski definition) is 9. The number of hydrogen-bond donors (Lipinski definition) is 1. The molecule has 0 aliphatic heterocycles. The van der Waals surface area contributed by atoms with Crippen molar-refractivity contribution in [1.29, 1.82) is 0 Å². The molecule has 0 saturated carbocycles. The second kappa shape index (κ2) is 11.6. The molecule has 3 aromatic rings. The third-order valence-electron chi connectivity index (χ3n) is 3.75. The van der Waals surface area contributed by atoms with Gasteiger partial charge in [0.1, 0.15) is 11.5 Å². The fourth-order valence-electron chi connectivity index (χ4n) is 2.31. The van der Waals surface area contributed by atoms with Crippen LogP contribution in [0.3, 0.4) is 0 Å². The molecule has 0 aliphatic rings. The van der Waals surface area contributed by atoms with Crippen LogP contribution in [0, 0.1) is 0 Å². The lowest BCUT2D eigenvalue weighted by atomic mass is 10.2. The van der Waals surface area contributed by atoms with Gasteiger partial charge in [0.15, 0.2) is 8.68 Å². The molecule has 1 N–H and O–H groups in total. The Kier molecular flexibility index (Phi) is 8.54. The molecule has 0 radical (unpaired) electrons. The van der Waals surface area contributed by atoms with E-state index in [2.05, 4.69) is 32.9 Å². The van der Waals surface area contributed by atoms with Crippen molar-refractivity contribution in [2.75, 3.05) is 20.0 Å². The number of carbonyl (C=O) groups is 1. The van der Waals surface area contributed by atoms with Crippen molar-refractivity contribution in [3.05, 3.63) is 59.7 Å². The predicted octanol–water partition coefficient (Wildman–Crippen LogP) is 4.09. The van der Waals surface area contributed by atoms with Crippen LogP contribution in [0.5, 0.6) is 11.5 Å². The minimum atomic E-state index is -0.230. The summed E-state index contributed by atoms with van der Waals surface area (Å²) in [5.74, 6) is 2.12. The smallest absolute Gasteiger partial charge is 0.250 e. The van der Waals surface area contributed by atoms with E-state index in [0.29, 0.717) is 17.1 Å². The molecule has 0 atom stereocenters. The average Bonchev–Trinajstić information content (AvgIpc) is 3.25. The van der Waals surface area contributed by atoms with Crippen molar-refractivity contribution < 1.29 is 14.3 Å². The van der Waals surface area contributed by atoms with E-state index in [-0.39, 0.29) is 11.7 Å². The van der Waals surface area contributed by atoms with Gasteiger partial charge in [-0.15, -0.1) is 10.2 Å². The summed E-state index contributed by atoms with van der Waals surface area (Å²) in [6.45, 7) is 0. The van der Waals surface area contributed by atoms with Gasteiger partial charge in [-0.2, -0.15) is 5.10 Å². The average molecular weight is 461 g/mol. The van der Waals surface area contributed by atoms with Gasteiger partial charge in [0.05, 0.1) is 26.2 Å². The fraction of sp³-hybridized carbons (Fsp3) is 0.200. The SMILES string of the molecule is COc1ccc(OC)c(/C=N\NC(=O)CSc2nnc(SCc3ccccc3)s2)c1. The molecular weight excluding hydrogens is 440 g/mol. The molecule has 2 aromatic carbocycles. The lowest BCUT2D eigenvalue weighted by molar-refractivity contribution is -0.118. The summed E-state index contributed by atoms with van der Waals surface area (Å²) in [4.78, 5) is 12.1. The van der Waals surface area contributed by atoms with Gasteiger partial charge in [0.2, 0.25) is 0 Å². The van der Waals surface area contributed by atoms with E-state index >= 15 is 0 Å². The van der Waals surface area contributed by atoms with E-state index in [9.17, 15) is 4.79 Å². The molecule has 0 aliphatic carbocycles. The molecule has 1 heterocycles. The molecule has 3 rings (SSSR count). The van der Waals surface area contributed by atoms with Crippen LogP contribution in [0.25, 0.3) is 0 Å². The zero-order valence-electron chi connectivity index (χ0n) is 16.4. The van der Waals surface area contributed by atoms with Gasteiger partial charge >= 0.3 is 0 Å². The molecule has 1 aromatic heterocycles. The highest BCUT2D eigenvalue weighted by molar-refractivity contribution is 8.03. The minimum Gasteiger partial charge on any atom is -0.497 e. The summed E-state index contributed by atoms with van der Waals surface area (Å²) in [5.41, 5.74) is 4.44. The maximum Gasteiger partial charge on any atom is 0.250 e. The Balaban J connectivity index is 1.45. The molecule has 0 bridgehead atoms. The molecule has 156 valence electrons. The quantitative estimate of drug-likeness (QED) is 0.277. The number of nitrogens with one attached hydrogen (secondary N) is 1. The Morgan fingerprint density at radius 2 is 1.87 bits per heavy atom. The summed E-state index contributed by atoms with van der Waals surface area (Å²) >= 11 is 4.44. The molecule has 0 spiro atoms. The lowest BCUT2D eigenvalue weighted by Crippen LogP contribution is -2.19. The highest BCUT2D eigenvalue weighted by atomic mass is 32.2. The molecule has 10 heteroatoms. The van der Waals surface area contributed by atoms with Crippen LogP contribution in [0.2, 0.25) is 0 Å². The monoisotopic (exact) mass is 460 g/mol. The standard InChI is InChI=1S/C20H20N4O3S3/c1-26-16-8-9-17(27-2)15(10-16)11-21-22-18(25)13-29-20-24-23-19(30-20)28-12-14-6-4-3-5-7-14/h3-11H,12-13H2,1-2H3,(H,22,25)/b21-11-. The van der Waals surface area contributed by atoms with E-state index in [0.717, 1.165) is 14.4 Å². The summed E-state index contributed by atoms with van der Waals surface area (Å²) in [6.07, 6.45) is 1.52. The maximum absolute atomic E-state index is 12.1. The summed E-state index contributed by atoms with van der Waals surface area (Å²) in [6, 6.07) is 15.5. The van der Waals surface area contributed by atoms with Crippen LogP contribution in [-0.2, 0) is 10.5 Å². The van der Waals surface area contributed by atoms with Gasteiger partial charge in [-0.1, -0.05) is 65.2 Å². The van der Waals surface area contributed by atoms with Crippen LogP contribution in [0.4, 0.5) is 0 Å². The number of benzene rings is 2. The Labute approximate surface area is 187 Å². The first kappa shape index (κ1) is 22.1. The van der Waals surface area contributed by atoms with Gasteiger partial charge in [-0.3, -0.25) is 4.79 Å². The largest absolute Gasteiger partial charge is 0.497 e. The second-order valence-corrected chi connectivity index (χ2v) is 9.22. The zero-order chi connectivity index (χ0) is 21.2. The third kappa shape index (κ3) is 6.75. The number of aromatic nitrogens is 2. The van der Waals surface area contributed by atoms with Crippen molar-refractivity contribution >= 4 is 47.0 Å². The van der Waals surface area contributed by atoms with Gasteiger partial charge in [0.25, 0.3) is 5.91 Å². The van der Waals surface area contributed by atoms with E-state index in [4.69, 9.17) is 9.47 Å². The first-order valence-corrected chi connectivity index (χ1v) is 11.6. The van der Waals surface area contributed by atoms with Gasteiger partial charge in [-0.05, 0) is 23.8 Å². The maximum atomic E-state index is 12.1. The Morgan fingerprint density at radius 1 is 1.10 bits per heavy atom. The van der Waals surface area contributed by atoms with E-state index in [1.807, 2.05) is 18.2 Å². The van der Waals surface area contributed by atoms with Gasteiger partial charge in [-0.25, -0.2) is 5.43 Å². The molecule has 0 fully saturated rings. The number of rotatable bonds is 10. The fourth-order valence-corrected chi connectivity index (χ4v) is 5.08. The molecule has 7 nitrogen and oxygen atoms in total. The number of amides is 1. The zero-order valence-corrected chi connectivity index (χ0v) is 18.9. The van der Waals surface area contributed by atoms with Crippen LogP contribution in [-0.4, -0.2) is 42.3 Å². The Morgan fingerprint density at radius 3 is 2.60 bits per heavy atom. The molecule has 0 unspecified atom stereocenters. The number of ether oxygens (including phenoxy) is 2. The third-order valence-corrected chi connectivity index (χ3v) is 7.01. The highest BCUT2D eigenvalue weighted by Gasteiger charge is 2.09. The molecule has 1 amide bonds. The lowest BCUT2D eigenvalue weighted by Gasteiger charge is -2.06. The van der Waals surface area contributed by atoms with E-state index in [1.54, 1.807) is 44.2 Å². The number of nitrogens with zero attached hydrogens (tertiary/aromatic N) is 3. The molecule has 0 saturated heterocycles. The summed E-state index contributed by atoms with van der Waals surface area (Å²) in [5, 5.41) is 12.3. The highest BCUT2D eigenvalue weighted by Crippen LogP contribution is 2.30. The second-order valence-electron chi connectivity index (χ2n) is 5.80. The normalized spacial score (nSPS) is 10.9. The number of hydrazone groups is 1. The summed E-state index contributed by atoms with van der Waals surface area (Å²) in [7, 11) is 3.16. The van der Waals surface area contributed by atoms with Crippen LogP contribution in [0.15, 0.2) is 62.3 Å². The predicted molar refractivity (Wildman–Crippen MR) is 122 cm³/mol. The minimum absolute atomic E-state index is 0.199. The van der Waals surface area contributed by atoms with Gasteiger partial charge in [0, 0.05) is 11.3 Å². The van der Waals surface area contributed by atoms with Crippen LogP contribution < -0.4 is 14.9 Å². The van der Waals surface area contributed by atoms with Crippen molar-refractivity contribution in [2.45, 2.75) is 14.4 Å². The van der Waals surface area contributed by atoms with Crippen molar-refractivity contribution in [1.82, 2.24) is 15.6 Å². The van der Waals surface area contributed by atoms with Crippen molar-refractivity contribution in [3.63, 3.8) is 0 Å². The first-order valence-electron chi connectivity index (χ1n) is 8.85. The first-order chi connectivity index (χ1) is 14.7. The van der Waals surface area contributed by atoms with E-state index in [1.165, 1.54) is 34.9 Å². The summed E-state index contributed by atoms with van der Waals surface area (Å²) < 4.78 is 12.1. The topological polar surface area (TPSA) is 85.7 Å².